The molecule has 0 aliphatic heterocycles. The fraction of sp³-hybridized carbons (Fsp3) is 0.333. The Morgan fingerprint density at radius 2 is 0.674 bits per heavy atom. The summed E-state index contributed by atoms with van der Waals surface area (Å²) in [7, 11) is 0. The molecule has 0 aliphatic rings. The van der Waals surface area contributed by atoms with Crippen molar-refractivity contribution in [2.45, 2.75) is 45.5 Å². The SMILES string of the molecule is C=CC(=O)O.C=CC(=O)O.C=CC(=O)O.C=CC(=O)O.C=CC(=O)O.C=CC(=O)O.CC(C)(C)CC(O)[C@H](O)[C@H](O)CO. The number of rotatable bonds is 10. The molecule has 0 bridgehead atoms. The summed E-state index contributed by atoms with van der Waals surface area (Å²) in [5.41, 5.74) is -0.116. The first-order chi connectivity index (χ1) is 19.4. The van der Waals surface area contributed by atoms with Gasteiger partial charge in [-0.05, 0) is 11.8 Å². The average Bonchev–Trinajstić information content (AvgIpc) is 2.92. The lowest BCUT2D eigenvalue weighted by Gasteiger charge is -2.27. The number of aliphatic carboxylic acids is 6. The summed E-state index contributed by atoms with van der Waals surface area (Å²) < 4.78 is 0. The van der Waals surface area contributed by atoms with Gasteiger partial charge in [0.25, 0.3) is 0 Å². The molecule has 43 heavy (non-hydrogen) atoms. The van der Waals surface area contributed by atoms with Gasteiger partial charge in [0.15, 0.2) is 0 Å². The van der Waals surface area contributed by atoms with Crippen LogP contribution in [-0.2, 0) is 28.8 Å². The zero-order chi connectivity index (χ0) is 36.4. The van der Waals surface area contributed by atoms with Crippen LogP contribution < -0.4 is 0 Å². The van der Waals surface area contributed by atoms with Crippen LogP contribution in [0.25, 0.3) is 0 Å². The molecule has 0 amide bonds. The molecule has 0 heterocycles. The highest BCUT2D eigenvalue weighted by atomic mass is 16.4. The van der Waals surface area contributed by atoms with Crippen LogP contribution in [-0.4, -0.2) is 112 Å². The molecule has 16 heteroatoms. The quantitative estimate of drug-likeness (QED) is 0.152. The number of aliphatic hydroxyl groups is 4. The van der Waals surface area contributed by atoms with Gasteiger partial charge in [0.05, 0.1) is 12.7 Å². The van der Waals surface area contributed by atoms with E-state index in [1.165, 1.54) is 0 Å². The lowest BCUT2D eigenvalue weighted by Crippen LogP contribution is -2.41. The van der Waals surface area contributed by atoms with Crippen molar-refractivity contribution in [3.63, 3.8) is 0 Å². The molecule has 0 saturated heterocycles. The van der Waals surface area contributed by atoms with Gasteiger partial charge >= 0.3 is 35.8 Å². The topological polar surface area (TPSA) is 305 Å². The Morgan fingerprint density at radius 1 is 0.512 bits per heavy atom. The maximum absolute atomic E-state index is 9.43. The molecule has 0 aromatic carbocycles. The van der Waals surface area contributed by atoms with E-state index in [2.05, 4.69) is 39.5 Å². The lowest BCUT2D eigenvalue weighted by atomic mass is 9.86. The van der Waals surface area contributed by atoms with Crippen molar-refractivity contribution in [1.29, 1.82) is 0 Å². The molecule has 0 radical (unpaired) electrons. The average molecular weight is 625 g/mol. The van der Waals surface area contributed by atoms with Gasteiger partial charge in [0, 0.05) is 36.5 Å². The predicted molar refractivity (Wildman–Crippen MR) is 156 cm³/mol. The van der Waals surface area contributed by atoms with Crippen LogP contribution in [0.1, 0.15) is 27.2 Å². The van der Waals surface area contributed by atoms with E-state index in [0.717, 1.165) is 36.5 Å². The van der Waals surface area contributed by atoms with Crippen LogP contribution in [0.5, 0.6) is 0 Å². The summed E-state index contributed by atoms with van der Waals surface area (Å²) in [6, 6.07) is 0. The van der Waals surface area contributed by atoms with Gasteiger partial charge in [-0.1, -0.05) is 60.2 Å². The van der Waals surface area contributed by atoms with Crippen LogP contribution in [0.2, 0.25) is 0 Å². The second-order valence-electron chi connectivity index (χ2n) is 7.83. The summed E-state index contributed by atoms with van der Waals surface area (Å²) in [5.74, 6) is -5.89. The van der Waals surface area contributed by atoms with Gasteiger partial charge in [0.1, 0.15) is 12.2 Å². The van der Waals surface area contributed by atoms with E-state index >= 15 is 0 Å². The van der Waals surface area contributed by atoms with Crippen LogP contribution in [0.4, 0.5) is 0 Å². The second-order valence-corrected chi connectivity index (χ2v) is 7.83. The van der Waals surface area contributed by atoms with Crippen LogP contribution in [0, 0.1) is 5.41 Å². The van der Waals surface area contributed by atoms with Crippen molar-refractivity contribution in [3.8, 4) is 0 Å². The molecule has 0 rings (SSSR count). The van der Waals surface area contributed by atoms with Crippen LogP contribution in [0.3, 0.4) is 0 Å². The van der Waals surface area contributed by atoms with Crippen molar-refractivity contribution >= 4 is 35.8 Å². The van der Waals surface area contributed by atoms with Gasteiger partial charge < -0.3 is 51.1 Å². The number of carbonyl (C=O) groups is 6. The zero-order valence-corrected chi connectivity index (χ0v) is 24.3. The first-order valence-corrected chi connectivity index (χ1v) is 11.2. The molecule has 3 atom stereocenters. The standard InChI is InChI=1S/C9H20O4.6C3H4O2/c1-9(2,3)4-6(11)8(13)7(12)5-10;6*1-2-3(4)5/h6-8,10-13H,4-5H2,1-3H3;6*2H,1H2,(H,4,5)/t6?,7-,8+;;;;;;/m1....../s1. The Morgan fingerprint density at radius 3 is 0.767 bits per heavy atom. The van der Waals surface area contributed by atoms with Crippen molar-refractivity contribution in [3.05, 3.63) is 75.9 Å². The fourth-order valence-corrected chi connectivity index (χ4v) is 1.11. The third kappa shape index (κ3) is 93.6. The molecular weight excluding hydrogens is 580 g/mol. The molecule has 1 unspecified atom stereocenters. The number of carboxylic acids is 6. The summed E-state index contributed by atoms with van der Waals surface area (Å²) in [6.45, 7) is 23.0. The highest BCUT2D eigenvalue weighted by Crippen LogP contribution is 2.22. The highest BCUT2D eigenvalue weighted by molar-refractivity contribution is 5.80. The van der Waals surface area contributed by atoms with E-state index in [4.69, 9.17) is 40.9 Å². The second kappa shape index (κ2) is 37.1. The monoisotopic (exact) mass is 624 g/mol. The van der Waals surface area contributed by atoms with Crippen molar-refractivity contribution in [2.24, 2.45) is 5.41 Å². The van der Waals surface area contributed by atoms with Crippen molar-refractivity contribution in [2.75, 3.05) is 6.61 Å². The minimum absolute atomic E-state index is 0.116. The Balaban J connectivity index is -0.0000000743. The molecule has 0 aliphatic carbocycles. The van der Waals surface area contributed by atoms with Crippen molar-refractivity contribution < 1.29 is 79.8 Å². The Bertz CT molecular complexity index is 729. The van der Waals surface area contributed by atoms with E-state index in [9.17, 15) is 39.0 Å². The van der Waals surface area contributed by atoms with E-state index in [0.29, 0.717) is 6.42 Å². The molecule has 0 aromatic rings. The molecule has 0 spiro atoms. The van der Waals surface area contributed by atoms with Gasteiger partial charge in [0.2, 0.25) is 0 Å². The van der Waals surface area contributed by atoms with E-state index < -0.39 is 60.7 Å². The van der Waals surface area contributed by atoms with Gasteiger partial charge in [-0.3, -0.25) is 0 Å². The Labute approximate surface area is 249 Å². The zero-order valence-electron chi connectivity index (χ0n) is 24.3. The first kappa shape index (κ1) is 54.2. The fourth-order valence-electron chi connectivity index (χ4n) is 1.11. The van der Waals surface area contributed by atoms with Gasteiger partial charge in [-0.2, -0.15) is 0 Å². The predicted octanol–water partition coefficient (Wildman–Crippen LogP) is 1.04. The smallest absolute Gasteiger partial charge is 0.327 e. The normalized spacial score (nSPS) is 10.4. The summed E-state index contributed by atoms with van der Waals surface area (Å²) in [5, 5.41) is 81.9. The van der Waals surface area contributed by atoms with Gasteiger partial charge in [-0.25, -0.2) is 28.8 Å². The maximum Gasteiger partial charge on any atom is 0.327 e. The van der Waals surface area contributed by atoms with Crippen molar-refractivity contribution in [1.82, 2.24) is 0 Å². The van der Waals surface area contributed by atoms with E-state index in [1.807, 2.05) is 20.8 Å². The van der Waals surface area contributed by atoms with Gasteiger partial charge in [-0.15, -0.1) is 0 Å². The van der Waals surface area contributed by atoms with E-state index in [-0.39, 0.29) is 5.41 Å². The molecule has 0 saturated carbocycles. The largest absolute Gasteiger partial charge is 0.478 e. The number of carboxylic acid groups (broad SMARTS) is 6. The third-order valence-electron chi connectivity index (χ3n) is 2.84. The lowest BCUT2D eigenvalue weighted by molar-refractivity contribution is -0.132. The summed E-state index contributed by atoms with van der Waals surface area (Å²) in [6.07, 6.45) is 1.84. The molecule has 0 aromatic heterocycles. The van der Waals surface area contributed by atoms with E-state index in [1.54, 1.807) is 0 Å². The maximum atomic E-state index is 9.43. The number of hydrogen-bond donors (Lipinski definition) is 10. The molecular formula is C27H44O16. The Kier molecular flexibility index (Phi) is 46.8. The summed E-state index contributed by atoms with van der Waals surface area (Å²) in [4.78, 5) is 55.5. The number of hydrogen-bond acceptors (Lipinski definition) is 10. The minimum Gasteiger partial charge on any atom is -0.478 e. The third-order valence-corrected chi connectivity index (χ3v) is 2.84. The highest BCUT2D eigenvalue weighted by Gasteiger charge is 2.27. The first-order valence-electron chi connectivity index (χ1n) is 11.2. The Hall–Kier alpha value is -4.90. The molecule has 248 valence electrons. The number of aliphatic hydroxyl groups excluding tert-OH is 4. The van der Waals surface area contributed by atoms with Crippen LogP contribution in [0.15, 0.2) is 75.9 Å². The molecule has 0 fully saturated rings. The minimum atomic E-state index is -1.27. The molecule has 16 nitrogen and oxygen atoms in total. The molecule has 10 N–H and O–H groups in total. The summed E-state index contributed by atoms with van der Waals surface area (Å²) >= 11 is 0. The van der Waals surface area contributed by atoms with Crippen LogP contribution >= 0.6 is 0 Å².